The van der Waals surface area contributed by atoms with Gasteiger partial charge in [-0.3, -0.25) is 0 Å². The van der Waals surface area contributed by atoms with Crippen LogP contribution in [0.4, 0.5) is 25.2 Å². The van der Waals surface area contributed by atoms with E-state index in [1.165, 1.54) is 12.8 Å². The van der Waals surface area contributed by atoms with Gasteiger partial charge in [-0.2, -0.15) is 0 Å². The summed E-state index contributed by atoms with van der Waals surface area (Å²) in [6.45, 7) is 9.00. The van der Waals surface area contributed by atoms with Crippen molar-refractivity contribution in [1.29, 1.82) is 0 Å². The summed E-state index contributed by atoms with van der Waals surface area (Å²) in [7, 11) is -10.7. The van der Waals surface area contributed by atoms with Gasteiger partial charge in [0.25, 0.3) is 0 Å². The van der Waals surface area contributed by atoms with Crippen LogP contribution in [0.5, 0.6) is 0 Å². The molecule has 129 valence electrons. The molecule has 0 N–H and O–H groups in total. The smallest absolute Gasteiger partial charge is 0.0312 e. The maximum absolute atomic E-state index is 10.7. The van der Waals surface area contributed by atoms with Gasteiger partial charge in [-0.05, 0) is 44.9 Å². The molecule has 0 aromatic heterocycles. The van der Waals surface area contributed by atoms with Crippen LogP contribution in [0.15, 0.2) is 24.3 Å². The molecular formula is C13H13F6MoO2P+. The molecule has 0 saturated heterocycles. The molecule has 10 heteroatoms. The Morgan fingerprint density at radius 2 is 0.783 bits per heavy atom. The van der Waals surface area contributed by atoms with Crippen LogP contribution in [-0.4, -0.2) is 0 Å². The van der Waals surface area contributed by atoms with Crippen molar-refractivity contribution in [2.75, 3.05) is 0 Å². The summed E-state index contributed by atoms with van der Waals surface area (Å²) >= 11 is 0. The largest absolute Gasteiger partial charge is 2.00 e. The first kappa shape index (κ1) is 30.5. The Morgan fingerprint density at radius 3 is 0.870 bits per heavy atom. The van der Waals surface area contributed by atoms with Crippen LogP contribution in [0, 0.1) is 45.4 Å². The molecule has 1 saturated carbocycles. The van der Waals surface area contributed by atoms with Crippen LogP contribution < -0.4 is 0 Å². The Bertz CT molecular complexity index is 332. The average molecular weight is 442 g/mol. The fourth-order valence-corrected chi connectivity index (χ4v) is 0.863. The van der Waals surface area contributed by atoms with E-state index in [1.54, 1.807) is 0 Å². The van der Waals surface area contributed by atoms with E-state index in [4.69, 9.17) is 9.30 Å². The minimum absolute atomic E-state index is 0. The number of halogens is 6. The quantitative estimate of drug-likeness (QED) is 0.141. The van der Waals surface area contributed by atoms with Crippen molar-refractivity contribution in [3.05, 3.63) is 69.7 Å². The standard InChI is InChI=1S/C6H8.C5H5.2CO.F6P.Mo/c1-2-4-6-5-3-1;1-2-4-5-3-1;2*1-2;1-7(2,3,4,5)6;/h1-4H,5-6H2;1-5H;;;;/q;;;;-1;+2. The van der Waals surface area contributed by atoms with E-state index in [0.717, 1.165) is 0 Å². The summed E-state index contributed by atoms with van der Waals surface area (Å²) in [6.07, 6.45) is 21.0. The van der Waals surface area contributed by atoms with Crippen molar-refractivity contribution in [2.24, 2.45) is 0 Å². The van der Waals surface area contributed by atoms with Gasteiger partial charge in [0.15, 0.2) is 0 Å². The number of hydrogen-bond acceptors (Lipinski definition) is 0. The molecule has 0 aromatic rings. The minimum Gasteiger partial charge on any atom is -0.0312 e. The molecule has 0 spiro atoms. The molecule has 0 aliphatic heterocycles. The van der Waals surface area contributed by atoms with Crippen LogP contribution in [-0.2, 0) is 30.4 Å². The molecule has 0 amide bonds. The van der Waals surface area contributed by atoms with Crippen molar-refractivity contribution >= 4 is 7.81 Å². The predicted octanol–water partition coefficient (Wildman–Crippen LogP) is 6.22. The topological polar surface area (TPSA) is 39.8 Å². The van der Waals surface area contributed by atoms with Gasteiger partial charge in [0.05, 0.1) is 0 Å². The Labute approximate surface area is 146 Å². The van der Waals surface area contributed by atoms with Crippen molar-refractivity contribution in [1.82, 2.24) is 0 Å². The van der Waals surface area contributed by atoms with E-state index in [9.17, 15) is 25.2 Å². The van der Waals surface area contributed by atoms with Gasteiger partial charge in [0, 0.05) is 0 Å². The molecule has 0 heterocycles. The molecule has 0 aromatic carbocycles. The molecule has 2 nitrogen and oxygen atoms in total. The van der Waals surface area contributed by atoms with Crippen LogP contribution in [0.3, 0.4) is 0 Å². The third-order valence-electron chi connectivity index (χ3n) is 1.44. The summed E-state index contributed by atoms with van der Waals surface area (Å²) in [5, 5.41) is 0. The second kappa shape index (κ2) is 14.0. The molecule has 0 atom stereocenters. The normalized spacial score (nSPS) is 17.3. The SMILES string of the molecule is C1=CCCC=C1.F[P-](F)(F)(F)(F)F.[C-]#[O+].[C-]#[O+].[CH]1[CH][CH][CH][CH]1.[Mo+2]. The van der Waals surface area contributed by atoms with Crippen LogP contribution >= 0.6 is 7.81 Å². The Hall–Kier alpha value is -0.342. The molecule has 2 aliphatic rings. The zero-order valence-corrected chi connectivity index (χ0v) is 14.5. The van der Waals surface area contributed by atoms with Gasteiger partial charge in [0.2, 0.25) is 0 Å². The number of allylic oxidation sites excluding steroid dienone is 4. The van der Waals surface area contributed by atoms with Gasteiger partial charge >= 0.3 is 76.7 Å². The maximum atomic E-state index is 9.87. The Balaban J connectivity index is -0.000000105. The fraction of sp³-hybridized carbons (Fsp3) is 0.154. The summed E-state index contributed by atoms with van der Waals surface area (Å²) in [6, 6.07) is 0. The second-order valence-corrected chi connectivity index (χ2v) is 5.27. The third-order valence-corrected chi connectivity index (χ3v) is 1.44. The van der Waals surface area contributed by atoms with Crippen molar-refractivity contribution in [2.45, 2.75) is 12.8 Å². The molecule has 2 rings (SSSR count). The van der Waals surface area contributed by atoms with Crippen molar-refractivity contribution in [3.8, 4) is 0 Å². The van der Waals surface area contributed by atoms with Crippen LogP contribution in [0.2, 0.25) is 0 Å². The van der Waals surface area contributed by atoms with E-state index in [2.05, 4.69) is 37.6 Å². The molecule has 0 unspecified atom stereocenters. The summed E-state index contributed by atoms with van der Waals surface area (Å²) in [5.41, 5.74) is 0. The van der Waals surface area contributed by atoms with E-state index in [-0.39, 0.29) is 21.1 Å². The summed E-state index contributed by atoms with van der Waals surface area (Å²) in [4.78, 5) is 0. The zero-order valence-electron chi connectivity index (χ0n) is 11.6. The van der Waals surface area contributed by atoms with Gasteiger partial charge in [-0.1, -0.05) is 24.3 Å². The first-order chi connectivity index (χ1) is 9.95. The third kappa shape index (κ3) is 73.7. The van der Waals surface area contributed by atoms with Crippen LogP contribution in [0.25, 0.3) is 0 Å². The van der Waals surface area contributed by atoms with Gasteiger partial charge in [0.1, 0.15) is 0 Å². The van der Waals surface area contributed by atoms with E-state index in [0.29, 0.717) is 0 Å². The predicted molar refractivity (Wildman–Crippen MR) is 70.4 cm³/mol. The average Bonchev–Trinajstić information content (AvgIpc) is 3.01. The second-order valence-electron chi connectivity index (χ2n) is 3.35. The van der Waals surface area contributed by atoms with Gasteiger partial charge in [-0.25, -0.2) is 0 Å². The molecular weight excluding hydrogens is 429 g/mol. The van der Waals surface area contributed by atoms with Crippen LogP contribution in [0.1, 0.15) is 12.8 Å². The minimum atomic E-state index is -10.7. The fourth-order valence-electron chi connectivity index (χ4n) is 0.863. The monoisotopic (exact) mass is 444 g/mol. The molecule has 2 aliphatic carbocycles. The number of rotatable bonds is 0. The van der Waals surface area contributed by atoms with E-state index in [1.807, 2.05) is 32.1 Å². The van der Waals surface area contributed by atoms with Gasteiger partial charge < -0.3 is 0 Å². The first-order valence-electron chi connectivity index (χ1n) is 5.41. The Morgan fingerprint density at radius 1 is 0.609 bits per heavy atom. The van der Waals surface area contributed by atoms with Crippen molar-refractivity contribution in [3.63, 3.8) is 0 Å². The van der Waals surface area contributed by atoms with E-state index >= 15 is 0 Å². The summed E-state index contributed by atoms with van der Waals surface area (Å²) in [5.74, 6) is 0. The maximum Gasteiger partial charge on any atom is 2.00 e. The zero-order chi connectivity index (χ0) is 18.2. The first-order valence-corrected chi connectivity index (χ1v) is 7.43. The van der Waals surface area contributed by atoms with Crippen molar-refractivity contribution < 1.29 is 55.6 Å². The van der Waals surface area contributed by atoms with E-state index < -0.39 is 7.81 Å². The summed E-state index contributed by atoms with van der Waals surface area (Å²) < 4.78 is 74.2. The Kier molecular flexibility index (Phi) is 18.6. The molecule has 23 heavy (non-hydrogen) atoms. The molecule has 1 fully saturated rings. The molecule has 0 bridgehead atoms. The number of hydrogen-bond donors (Lipinski definition) is 0. The molecule has 5 radical (unpaired) electrons. The van der Waals surface area contributed by atoms with Gasteiger partial charge in [-0.15, -0.1) is 0 Å².